The molecule has 7 heteroatoms. The monoisotopic (exact) mass is 266 g/mol. The SMILES string of the molecule is COc1cc(F)cc(F)c1C=Nn1cc(C)nc1N. The summed E-state index contributed by atoms with van der Waals surface area (Å²) < 4.78 is 32.9. The molecule has 0 spiro atoms. The van der Waals surface area contributed by atoms with Gasteiger partial charge in [0.1, 0.15) is 17.4 Å². The standard InChI is InChI=1S/C12H12F2N4O/c1-7-6-18(12(15)17-7)16-5-9-10(14)3-8(13)4-11(9)19-2/h3-6H,1-2H3,(H2,15,17). The minimum absolute atomic E-state index is 0.0367. The number of aryl methyl sites for hydroxylation is 1. The van der Waals surface area contributed by atoms with Crippen molar-refractivity contribution in [3.05, 3.63) is 41.2 Å². The molecule has 0 bridgehead atoms. The smallest absolute Gasteiger partial charge is 0.221 e. The van der Waals surface area contributed by atoms with Gasteiger partial charge in [-0.3, -0.25) is 0 Å². The van der Waals surface area contributed by atoms with Gasteiger partial charge in [-0.25, -0.2) is 18.4 Å². The summed E-state index contributed by atoms with van der Waals surface area (Å²) in [4.78, 5) is 3.94. The molecular formula is C12H12F2N4O. The van der Waals surface area contributed by atoms with E-state index in [0.717, 1.165) is 12.1 Å². The lowest BCUT2D eigenvalue weighted by atomic mass is 10.2. The first-order valence-corrected chi connectivity index (χ1v) is 5.40. The first-order chi connectivity index (χ1) is 9.01. The minimum Gasteiger partial charge on any atom is -0.496 e. The van der Waals surface area contributed by atoms with Gasteiger partial charge in [-0.1, -0.05) is 0 Å². The second kappa shape index (κ2) is 5.05. The van der Waals surface area contributed by atoms with Crippen molar-refractivity contribution in [2.45, 2.75) is 6.92 Å². The van der Waals surface area contributed by atoms with Crippen LogP contribution >= 0.6 is 0 Å². The Labute approximate surface area is 108 Å². The van der Waals surface area contributed by atoms with Crippen molar-refractivity contribution in [2.24, 2.45) is 5.10 Å². The second-order valence-electron chi connectivity index (χ2n) is 3.83. The molecular weight excluding hydrogens is 254 g/mol. The van der Waals surface area contributed by atoms with E-state index in [-0.39, 0.29) is 17.3 Å². The van der Waals surface area contributed by atoms with Gasteiger partial charge < -0.3 is 10.5 Å². The van der Waals surface area contributed by atoms with Crippen LogP contribution in [-0.2, 0) is 0 Å². The van der Waals surface area contributed by atoms with E-state index in [2.05, 4.69) is 10.1 Å². The van der Waals surface area contributed by atoms with Crippen molar-refractivity contribution >= 4 is 12.2 Å². The topological polar surface area (TPSA) is 65.4 Å². The van der Waals surface area contributed by atoms with Crippen LogP contribution < -0.4 is 10.5 Å². The van der Waals surface area contributed by atoms with Crippen molar-refractivity contribution in [3.63, 3.8) is 0 Å². The number of benzene rings is 1. The number of anilines is 1. The minimum atomic E-state index is -0.768. The molecule has 0 saturated heterocycles. The van der Waals surface area contributed by atoms with E-state index in [4.69, 9.17) is 10.5 Å². The molecule has 0 aliphatic carbocycles. The number of hydrogen-bond acceptors (Lipinski definition) is 4. The Bertz CT molecular complexity index is 637. The number of nitrogen functional groups attached to an aromatic ring is 1. The Balaban J connectivity index is 2.40. The zero-order valence-electron chi connectivity index (χ0n) is 10.4. The Kier molecular flexibility index (Phi) is 3.46. The highest BCUT2D eigenvalue weighted by molar-refractivity contribution is 5.83. The fraction of sp³-hybridized carbons (Fsp3) is 0.167. The Morgan fingerprint density at radius 2 is 2.16 bits per heavy atom. The molecule has 100 valence electrons. The van der Waals surface area contributed by atoms with Gasteiger partial charge in [-0.15, -0.1) is 0 Å². The average Bonchev–Trinajstić information content (AvgIpc) is 2.65. The molecule has 1 aromatic heterocycles. The van der Waals surface area contributed by atoms with Gasteiger partial charge in [0.05, 0.1) is 30.8 Å². The van der Waals surface area contributed by atoms with Gasteiger partial charge >= 0.3 is 0 Å². The molecule has 0 atom stereocenters. The van der Waals surface area contributed by atoms with E-state index < -0.39 is 11.6 Å². The lowest BCUT2D eigenvalue weighted by molar-refractivity contribution is 0.406. The third-order valence-electron chi connectivity index (χ3n) is 2.42. The summed E-state index contributed by atoms with van der Waals surface area (Å²) in [6, 6.07) is 1.83. The van der Waals surface area contributed by atoms with Crippen LogP contribution in [0.25, 0.3) is 0 Å². The fourth-order valence-electron chi connectivity index (χ4n) is 1.57. The highest BCUT2D eigenvalue weighted by Gasteiger charge is 2.10. The van der Waals surface area contributed by atoms with Gasteiger partial charge in [0.2, 0.25) is 5.95 Å². The van der Waals surface area contributed by atoms with Crippen LogP contribution in [0.4, 0.5) is 14.7 Å². The Morgan fingerprint density at radius 1 is 1.42 bits per heavy atom. The van der Waals surface area contributed by atoms with E-state index in [1.165, 1.54) is 18.0 Å². The van der Waals surface area contributed by atoms with Crippen molar-refractivity contribution in [1.29, 1.82) is 0 Å². The largest absolute Gasteiger partial charge is 0.496 e. The Hall–Kier alpha value is -2.44. The zero-order chi connectivity index (χ0) is 14.0. The molecule has 1 aromatic carbocycles. The quantitative estimate of drug-likeness (QED) is 0.863. The summed E-state index contributed by atoms with van der Waals surface area (Å²) in [5.41, 5.74) is 6.31. The number of hydrogen-bond donors (Lipinski definition) is 1. The summed E-state index contributed by atoms with van der Waals surface area (Å²) >= 11 is 0. The molecule has 2 aromatic rings. The highest BCUT2D eigenvalue weighted by Crippen LogP contribution is 2.21. The van der Waals surface area contributed by atoms with Crippen LogP contribution in [0.1, 0.15) is 11.3 Å². The van der Waals surface area contributed by atoms with Gasteiger partial charge in [0.25, 0.3) is 0 Å². The normalized spacial score (nSPS) is 11.2. The number of halogens is 2. The zero-order valence-corrected chi connectivity index (χ0v) is 10.4. The highest BCUT2D eigenvalue weighted by atomic mass is 19.1. The first kappa shape index (κ1) is 13.0. The molecule has 0 radical (unpaired) electrons. The van der Waals surface area contributed by atoms with Crippen molar-refractivity contribution < 1.29 is 13.5 Å². The number of rotatable bonds is 3. The van der Waals surface area contributed by atoms with Gasteiger partial charge in [-0.05, 0) is 6.92 Å². The lowest BCUT2D eigenvalue weighted by Crippen LogP contribution is -2.00. The second-order valence-corrected chi connectivity index (χ2v) is 3.83. The molecule has 2 rings (SSSR count). The van der Waals surface area contributed by atoms with E-state index in [1.54, 1.807) is 13.1 Å². The summed E-state index contributed by atoms with van der Waals surface area (Å²) in [6.45, 7) is 1.75. The summed E-state index contributed by atoms with van der Waals surface area (Å²) in [6.07, 6.45) is 2.78. The number of nitrogens with zero attached hydrogens (tertiary/aromatic N) is 3. The molecule has 0 aliphatic heterocycles. The molecule has 5 nitrogen and oxygen atoms in total. The molecule has 2 N–H and O–H groups in total. The number of aromatic nitrogens is 2. The van der Waals surface area contributed by atoms with E-state index >= 15 is 0 Å². The predicted octanol–water partition coefficient (Wildman–Crippen LogP) is 1.94. The van der Waals surface area contributed by atoms with E-state index in [9.17, 15) is 8.78 Å². The van der Waals surface area contributed by atoms with E-state index in [0.29, 0.717) is 5.69 Å². The van der Waals surface area contributed by atoms with Crippen molar-refractivity contribution in [2.75, 3.05) is 12.8 Å². The van der Waals surface area contributed by atoms with Gasteiger partial charge in [0.15, 0.2) is 0 Å². The van der Waals surface area contributed by atoms with Crippen LogP contribution in [0.15, 0.2) is 23.4 Å². The molecule has 1 heterocycles. The van der Waals surface area contributed by atoms with Crippen LogP contribution in [0.2, 0.25) is 0 Å². The van der Waals surface area contributed by atoms with Gasteiger partial charge in [-0.2, -0.15) is 5.10 Å². The molecule has 0 amide bonds. The maximum absolute atomic E-state index is 13.6. The van der Waals surface area contributed by atoms with Gasteiger partial charge in [0, 0.05) is 12.1 Å². The summed E-state index contributed by atoms with van der Waals surface area (Å²) in [7, 11) is 1.32. The van der Waals surface area contributed by atoms with Crippen molar-refractivity contribution in [1.82, 2.24) is 9.66 Å². The Morgan fingerprint density at radius 3 is 2.74 bits per heavy atom. The molecule has 0 saturated carbocycles. The summed E-state index contributed by atoms with van der Waals surface area (Å²) in [5, 5.41) is 3.96. The van der Waals surface area contributed by atoms with Crippen molar-refractivity contribution in [3.8, 4) is 5.75 Å². The third-order valence-corrected chi connectivity index (χ3v) is 2.42. The van der Waals surface area contributed by atoms with Crippen LogP contribution in [0, 0.1) is 18.6 Å². The predicted molar refractivity (Wildman–Crippen MR) is 67.3 cm³/mol. The summed E-state index contributed by atoms with van der Waals surface area (Å²) in [5.74, 6) is -1.26. The fourth-order valence-corrected chi connectivity index (χ4v) is 1.57. The van der Waals surface area contributed by atoms with E-state index in [1.807, 2.05) is 0 Å². The number of ether oxygens (including phenoxy) is 1. The van der Waals surface area contributed by atoms with Crippen LogP contribution in [0.5, 0.6) is 5.75 Å². The number of imidazole rings is 1. The lowest BCUT2D eigenvalue weighted by Gasteiger charge is -2.05. The maximum Gasteiger partial charge on any atom is 0.221 e. The molecule has 0 fully saturated rings. The molecule has 0 unspecified atom stereocenters. The number of nitrogens with two attached hydrogens (primary N) is 1. The maximum atomic E-state index is 13.6. The van der Waals surface area contributed by atoms with Crippen LogP contribution in [0.3, 0.4) is 0 Å². The molecule has 0 aliphatic rings. The molecule has 19 heavy (non-hydrogen) atoms. The van der Waals surface area contributed by atoms with Crippen LogP contribution in [-0.4, -0.2) is 23.0 Å². The number of methoxy groups -OCH3 is 1. The third kappa shape index (κ3) is 2.70. The average molecular weight is 266 g/mol. The first-order valence-electron chi connectivity index (χ1n) is 5.40.